The minimum Gasteiger partial charge on any atom is -0.371 e. The van der Waals surface area contributed by atoms with Crippen molar-refractivity contribution in [2.45, 2.75) is 51.5 Å². The van der Waals surface area contributed by atoms with Gasteiger partial charge < -0.3 is 10.6 Å². The van der Waals surface area contributed by atoms with Crippen LogP contribution in [0, 0.1) is 11.8 Å². The third-order valence-corrected chi connectivity index (χ3v) is 5.46. The van der Waals surface area contributed by atoms with Gasteiger partial charge in [-0.15, -0.1) is 0 Å². The van der Waals surface area contributed by atoms with E-state index in [9.17, 15) is 0 Å². The van der Waals surface area contributed by atoms with Gasteiger partial charge in [-0.25, -0.2) is 0 Å². The molecular formula is C18H27ClN2. The van der Waals surface area contributed by atoms with Gasteiger partial charge in [-0.1, -0.05) is 36.9 Å². The highest BCUT2D eigenvalue weighted by atomic mass is 35.5. The highest BCUT2D eigenvalue weighted by Gasteiger charge is 2.31. The van der Waals surface area contributed by atoms with E-state index in [1.807, 2.05) is 6.07 Å². The number of benzene rings is 1. The molecule has 1 saturated carbocycles. The molecule has 2 N–H and O–H groups in total. The first-order valence-electron chi connectivity index (χ1n) is 8.42. The van der Waals surface area contributed by atoms with E-state index < -0.39 is 0 Å². The molecule has 0 spiro atoms. The highest BCUT2D eigenvalue weighted by Crippen LogP contribution is 2.38. The Morgan fingerprint density at radius 2 is 2.00 bits per heavy atom. The summed E-state index contributed by atoms with van der Waals surface area (Å²) >= 11 is 6.25. The molecule has 1 saturated heterocycles. The molecule has 2 fully saturated rings. The van der Waals surface area contributed by atoms with Crippen LogP contribution in [-0.4, -0.2) is 19.1 Å². The van der Waals surface area contributed by atoms with E-state index >= 15 is 0 Å². The van der Waals surface area contributed by atoms with Gasteiger partial charge in [-0.3, -0.25) is 0 Å². The third-order valence-electron chi connectivity index (χ3n) is 5.22. The number of rotatable bonds is 3. The number of hydrogen-bond acceptors (Lipinski definition) is 2. The summed E-state index contributed by atoms with van der Waals surface area (Å²) in [5.41, 5.74) is 8.69. The molecule has 1 aromatic carbocycles. The van der Waals surface area contributed by atoms with Gasteiger partial charge in [0.15, 0.2) is 0 Å². The van der Waals surface area contributed by atoms with Crippen LogP contribution in [-0.2, 0) is 6.42 Å². The van der Waals surface area contributed by atoms with Crippen LogP contribution >= 0.6 is 11.6 Å². The molecule has 1 heterocycles. The smallest absolute Gasteiger partial charge is 0.0426 e. The molecule has 2 aliphatic rings. The lowest BCUT2D eigenvalue weighted by molar-refractivity contribution is 0.202. The second-order valence-electron chi connectivity index (χ2n) is 6.99. The Kier molecular flexibility index (Phi) is 4.75. The van der Waals surface area contributed by atoms with Crippen LogP contribution in [0.25, 0.3) is 0 Å². The minimum absolute atomic E-state index is 0.192. The molecule has 3 unspecified atom stereocenters. The van der Waals surface area contributed by atoms with Crippen LogP contribution in [0.5, 0.6) is 0 Å². The van der Waals surface area contributed by atoms with Crippen LogP contribution in [0.2, 0.25) is 5.02 Å². The lowest BCUT2D eigenvalue weighted by Crippen LogP contribution is -2.42. The second-order valence-corrected chi connectivity index (χ2v) is 7.43. The first-order chi connectivity index (χ1) is 10.1. The fourth-order valence-electron chi connectivity index (χ4n) is 4.17. The molecule has 1 aliphatic carbocycles. The summed E-state index contributed by atoms with van der Waals surface area (Å²) in [6.45, 7) is 4.45. The summed E-state index contributed by atoms with van der Waals surface area (Å²) in [7, 11) is 0. The van der Waals surface area contributed by atoms with Gasteiger partial charge in [-0.05, 0) is 55.7 Å². The zero-order valence-electron chi connectivity index (χ0n) is 13.0. The van der Waals surface area contributed by atoms with Crippen molar-refractivity contribution in [3.8, 4) is 0 Å². The SMILES string of the molecule is CC(N)Cc1ccc(Cl)cc1N1CCC2CCCCC2C1. The van der Waals surface area contributed by atoms with Crippen LogP contribution in [0.4, 0.5) is 5.69 Å². The van der Waals surface area contributed by atoms with Crippen LogP contribution in [0.15, 0.2) is 18.2 Å². The summed E-state index contributed by atoms with van der Waals surface area (Å²) in [5, 5.41) is 0.837. The Balaban J connectivity index is 1.80. The molecule has 116 valence electrons. The molecule has 0 aromatic heterocycles. The van der Waals surface area contributed by atoms with Crippen LogP contribution < -0.4 is 10.6 Å². The number of piperidine rings is 1. The number of nitrogens with two attached hydrogens (primary N) is 1. The second kappa shape index (κ2) is 6.58. The summed E-state index contributed by atoms with van der Waals surface area (Å²) in [4.78, 5) is 2.57. The number of hydrogen-bond donors (Lipinski definition) is 1. The van der Waals surface area contributed by atoms with Gasteiger partial charge >= 0.3 is 0 Å². The Morgan fingerprint density at radius 1 is 1.24 bits per heavy atom. The molecule has 2 nitrogen and oxygen atoms in total. The Morgan fingerprint density at radius 3 is 2.76 bits per heavy atom. The lowest BCUT2D eigenvalue weighted by Gasteiger charge is -2.43. The molecule has 3 heteroatoms. The van der Waals surface area contributed by atoms with E-state index in [2.05, 4.69) is 24.0 Å². The van der Waals surface area contributed by atoms with E-state index in [0.717, 1.165) is 23.3 Å². The maximum atomic E-state index is 6.25. The van der Waals surface area contributed by atoms with Crippen molar-refractivity contribution < 1.29 is 0 Å². The summed E-state index contributed by atoms with van der Waals surface area (Å²) in [6, 6.07) is 6.49. The summed E-state index contributed by atoms with van der Waals surface area (Å²) < 4.78 is 0. The Bertz CT molecular complexity index is 486. The summed E-state index contributed by atoms with van der Waals surface area (Å²) in [5.74, 6) is 1.85. The van der Waals surface area contributed by atoms with Crippen molar-refractivity contribution >= 4 is 17.3 Å². The Hall–Kier alpha value is -0.730. The van der Waals surface area contributed by atoms with Crippen molar-refractivity contribution in [2.75, 3.05) is 18.0 Å². The predicted molar refractivity (Wildman–Crippen MR) is 91.1 cm³/mol. The zero-order chi connectivity index (χ0) is 14.8. The standard InChI is InChI=1S/C18H27ClN2/c1-13(20)10-15-6-7-17(19)11-18(15)21-9-8-14-4-2-3-5-16(14)12-21/h6-7,11,13-14,16H,2-5,8-10,12,20H2,1H3. The average molecular weight is 307 g/mol. The number of anilines is 1. The monoisotopic (exact) mass is 306 g/mol. The normalized spacial score (nSPS) is 27.3. The molecule has 0 radical (unpaired) electrons. The van der Waals surface area contributed by atoms with E-state index in [0.29, 0.717) is 0 Å². The minimum atomic E-state index is 0.192. The largest absolute Gasteiger partial charge is 0.371 e. The van der Waals surface area contributed by atoms with Crippen molar-refractivity contribution in [2.24, 2.45) is 17.6 Å². The van der Waals surface area contributed by atoms with E-state index in [4.69, 9.17) is 17.3 Å². The van der Waals surface area contributed by atoms with Crippen LogP contribution in [0.1, 0.15) is 44.6 Å². The van der Waals surface area contributed by atoms with Crippen LogP contribution in [0.3, 0.4) is 0 Å². The van der Waals surface area contributed by atoms with Crippen molar-refractivity contribution in [3.05, 3.63) is 28.8 Å². The van der Waals surface area contributed by atoms with E-state index in [1.165, 1.54) is 56.4 Å². The van der Waals surface area contributed by atoms with Crippen molar-refractivity contribution in [1.29, 1.82) is 0 Å². The molecule has 21 heavy (non-hydrogen) atoms. The van der Waals surface area contributed by atoms with Gasteiger partial charge in [0, 0.05) is 29.8 Å². The molecule has 3 rings (SSSR count). The molecule has 1 aromatic rings. The van der Waals surface area contributed by atoms with E-state index in [-0.39, 0.29) is 6.04 Å². The van der Waals surface area contributed by atoms with Gasteiger partial charge in [0.1, 0.15) is 0 Å². The molecule has 3 atom stereocenters. The first-order valence-corrected chi connectivity index (χ1v) is 8.80. The third kappa shape index (κ3) is 3.54. The van der Waals surface area contributed by atoms with Gasteiger partial charge in [0.05, 0.1) is 0 Å². The molecule has 0 bridgehead atoms. The lowest BCUT2D eigenvalue weighted by atomic mass is 9.75. The van der Waals surface area contributed by atoms with Gasteiger partial charge in [-0.2, -0.15) is 0 Å². The maximum absolute atomic E-state index is 6.25. The van der Waals surface area contributed by atoms with Crippen molar-refractivity contribution in [1.82, 2.24) is 0 Å². The van der Waals surface area contributed by atoms with Gasteiger partial charge in [0.2, 0.25) is 0 Å². The molecular weight excluding hydrogens is 280 g/mol. The highest BCUT2D eigenvalue weighted by molar-refractivity contribution is 6.30. The number of fused-ring (bicyclic) bond motifs is 1. The number of nitrogens with zero attached hydrogens (tertiary/aromatic N) is 1. The molecule has 1 aliphatic heterocycles. The van der Waals surface area contributed by atoms with Crippen molar-refractivity contribution in [3.63, 3.8) is 0 Å². The Labute approximate surface area is 133 Å². The quantitative estimate of drug-likeness (QED) is 0.904. The fourth-order valence-corrected chi connectivity index (χ4v) is 4.34. The van der Waals surface area contributed by atoms with Gasteiger partial charge in [0.25, 0.3) is 0 Å². The maximum Gasteiger partial charge on any atom is 0.0426 e. The molecule has 0 amide bonds. The summed E-state index contributed by atoms with van der Waals surface area (Å²) in [6.07, 6.45) is 7.97. The zero-order valence-corrected chi connectivity index (χ0v) is 13.8. The van der Waals surface area contributed by atoms with E-state index in [1.54, 1.807) is 0 Å². The first kappa shape index (κ1) is 15.2. The number of halogens is 1. The predicted octanol–water partition coefficient (Wildman–Crippen LogP) is 4.25. The topological polar surface area (TPSA) is 29.3 Å². The average Bonchev–Trinajstić information content (AvgIpc) is 2.48. The fraction of sp³-hybridized carbons (Fsp3) is 0.667.